The molecule has 0 fully saturated rings. The van der Waals surface area contributed by atoms with E-state index in [1.54, 1.807) is 14.0 Å². The Morgan fingerprint density at radius 1 is 1.47 bits per heavy atom. The summed E-state index contributed by atoms with van der Waals surface area (Å²) in [5.41, 5.74) is 4.85. The van der Waals surface area contributed by atoms with Crippen LogP contribution in [0.5, 0.6) is 0 Å². The van der Waals surface area contributed by atoms with Gasteiger partial charge in [-0.05, 0) is 13.3 Å². The molecule has 0 aliphatic carbocycles. The molecule has 0 aromatic heterocycles. The normalized spacial score (nSPS) is 15.8. The van der Waals surface area contributed by atoms with Crippen LogP contribution in [0.1, 0.15) is 20.3 Å². The Morgan fingerprint density at radius 3 is 2.27 bits per heavy atom. The first-order chi connectivity index (χ1) is 6.60. The van der Waals surface area contributed by atoms with E-state index in [9.17, 15) is 13.2 Å². The SMILES string of the molecule is CCC(C)(N)C(=O)N(C)CCS(C)(=O)=O. The fourth-order valence-corrected chi connectivity index (χ4v) is 1.60. The zero-order valence-electron chi connectivity index (χ0n) is 9.78. The Kier molecular flexibility index (Phi) is 4.73. The Morgan fingerprint density at radius 2 is 1.93 bits per heavy atom. The summed E-state index contributed by atoms with van der Waals surface area (Å²) in [5, 5.41) is 0. The fraction of sp³-hybridized carbons (Fsp3) is 0.889. The second-order valence-corrected chi connectivity index (χ2v) is 6.39. The van der Waals surface area contributed by atoms with E-state index in [1.165, 1.54) is 4.90 Å². The van der Waals surface area contributed by atoms with Crippen LogP contribution < -0.4 is 5.73 Å². The third-order valence-electron chi connectivity index (χ3n) is 2.37. The highest BCUT2D eigenvalue weighted by molar-refractivity contribution is 7.90. The van der Waals surface area contributed by atoms with Gasteiger partial charge in [-0.15, -0.1) is 0 Å². The predicted octanol–water partition coefficient (Wildman–Crippen LogP) is -0.383. The number of sulfone groups is 1. The number of likely N-dealkylation sites (N-methyl/N-ethyl adjacent to an activating group) is 1. The number of amides is 1. The molecule has 0 saturated carbocycles. The van der Waals surface area contributed by atoms with Gasteiger partial charge >= 0.3 is 0 Å². The monoisotopic (exact) mass is 236 g/mol. The maximum atomic E-state index is 11.7. The van der Waals surface area contributed by atoms with Gasteiger partial charge in [0.1, 0.15) is 9.84 Å². The van der Waals surface area contributed by atoms with Crippen LogP contribution in [-0.4, -0.2) is 50.4 Å². The first kappa shape index (κ1) is 14.4. The largest absolute Gasteiger partial charge is 0.343 e. The molecule has 0 bridgehead atoms. The van der Waals surface area contributed by atoms with Gasteiger partial charge in [0.2, 0.25) is 5.91 Å². The van der Waals surface area contributed by atoms with Crippen molar-refractivity contribution in [3.63, 3.8) is 0 Å². The topological polar surface area (TPSA) is 80.5 Å². The van der Waals surface area contributed by atoms with Gasteiger partial charge in [0.05, 0.1) is 11.3 Å². The molecule has 1 atom stereocenters. The molecule has 0 heterocycles. The summed E-state index contributed by atoms with van der Waals surface area (Å²) in [6.45, 7) is 3.65. The Bertz CT molecular complexity index is 322. The van der Waals surface area contributed by atoms with E-state index in [-0.39, 0.29) is 18.2 Å². The molecule has 0 aromatic rings. The fourth-order valence-electron chi connectivity index (χ4n) is 0.992. The van der Waals surface area contributed by atoms with E-state index >= 15 is 0 Å². The standard InChI is InChI=1S/C9H20N2O3S/c1-5-9(2,10)8(12)11(3)6-7-15(4,13)14/h5-7,10H2,1-4H3. The molecule has 5 nitrogen and oxygen atoms in total. The van der Waals surface area contributed by atoms with Gasteiger partial charge in [0.15, 0.2) is 0 Å². The van der Waals surface area contributed by atoms with Gasteiger partial charge in [0, 0.05) is 19.8 Å². The van der Waals surface area contributed by atoms with E-state index in [1.807, 2.05) is 6.92 Å². The molecule has 1 unspecified atom stereocenters. The van der Waals surface area contributed by atoms with Gasteiger partial charge in [-0.3, -0.25) is 4.79 Å². The second-order valence-electron chi connectivity index (χ2n) is 4.13. The molecule has 90 valence electrons. The van der Waals surface area contributed by atoms with Crippen LogP contribution in [-0.2, 0) is 14.6 Å². The molecule has 0 aliphatic rings. The molecule has 1 amide bonds. The van der Waals surface area contributed by atoms with E-state index in [4.69, 9.17) is 5.73 Å². The van der Waals surface area contributed by atoms with Crippen LogP contribution in [0.2, 0.25) is 0 Å². The van der Waals surface area contributed by atoms with Crippen LogP contribution in [0.25, 0.3) is 0 Å². The Labute approximate surface area is 91.5 Å². The van der Waals surface area contributed by atoms with Gasteiger partial charge in [0.25, 0.3) is 0 Å². The number of carbonyl (C=O) groups is 1. The average Bonchev–Trinajstić information content (AvgIpc) is 2.11. The van der Waals surface area contributed by atoms with Crippen molar-refractivity contribution in [2.24, 2.45) is 5.73 Å². The molecule has 0 aromatic carbocycles. The van der Waals surface area contributed by atoms with E-state index in [0.717, 1.165) is 6.26 Å². The molecule has 15 heavy (non-hydrogen) atoms. The van der Waals surface area contributed by atoms with Gasteiger partial charge in [-0.25, -0.2) is 8.42 Å². The molecular weight excluding hydrogens is 216 g/mol. The number of nitrogens with zero attached hydrogens (tertiary/aromatic N) is 1. The van der Waals surface area contributed by atoms with Crippen LogP contribution >= 0.6 is 0 Å². The smallest absolute Gasteiger partial charge is 0.242 e. The van der Waals surface area contributed by atoms with E-state index in [0.29, 0.717) is 6.42 Å². The molecule has 0 spiro atoms. The van der Waals surface area contributed by atoms with E-state index in [2.05, 4.69) is 0 Å². The third kappa shape index (κ3) is 5.13. The highest BCUT2D eigenvalue weighted by atomic mass is 32.2. The molecular formula is C9H20N2O3S. The second kappa shape index (κ2) is 4.94. The average molecular weight is 236 g/mol. The number of hydrogen-bond acceptors (Lipinski definition) is 4. The highest BCUT2D eigenvalue weighted by Gasteiger charge is 2.29. The van der Waals surface area contributed by atoms with Crippen molar-refractivity contribution in [3.8, 4) is 0 Å². The van der Waals surface area contributed by atoms with Crippen molar-refractivity contribution in [3.05, 3.63) is 0 Å². The highest BCUT2D eigenvalue weighted by Crippen LogP contribution is 2.08. The van der Waals surface area contributed by atoms with Gasteiger partial charge in [-0.2, -0.15) is 0 Å². The molecule has 0 aliphatic heterocycles. The van der Waals surface area contributed by atoms with Crippen molar-refractivity contribution in [2.75, 3.05) is 25.6 Å². The van der Waals surface area contributed by atoms with Crippen molar-refractivity contribution >= 4 is 15.7 Å². The predicted molar refractivity (Wildman–Crippen MR) is 60.2 cm³/mol. The number of carbonyl (C=O) groups excluding carboxylic acids is 1. The Balaban J connectivity index is 4.36. The van der Waals surface area contributed by atoms with Crippen molar-refractivity contribution < 1.29 is 13.2 Å². The van der Waals surface area contributed by atoms with Crippen LogP contribution in [0.15, 0.2) is 0 Å². The number of rotatable bonds is 5. The first-order valence-electron chi connectivity index (χ1n) is 4.82. The molecule has 0 radical (unpaired) electrons. The van der Waals surface area contributed by atoms with Crippen LogP contribution in [0, 0.1) is 0 Å². The van der Waals surface area contributed by atoms with Crippen LogP contribution in [0.4, 0.5) is 0 Å². The lowest BCUT2D eigenvalue weighted by Crippen LogP contribution is -2.52. The van der Waals surface area contributed by atoms with Crippen molar-refractivity contribution in [1.29, 1.82) is 0 Å². The molecule has 0 rings (SSSR count). The summed E-state index contributed by atoms with van der Waals surface area (Å²) in [5.74, 6) is -0.261. The minimum absolute atomic E-state index is 0.0327. The molecule has 2 N–H and O–H groups in total. The van der Waals surface area contributed by atoms with Crippen molar-refractivity contribution in [2.45, 2.75) is 25.8 Å². The summed E-state index contributed by atoms with van der Waals surface area (Å²) in [7, 11) is -1.48. The minimum Gasteiger partial charge on any atom is -0.343 e. The summed E-state index contributed by atoms with van der Waals surface area (Å²) >= 11 is 0. The maximum Gasteiger partial charge on any atom is 0.242 e. The molecule has 0 saturated heterocycles. The minimum atomic E-state index is -3.04. The zero-order valence-corrected chi connectivity index (χ0v) is 10.6. The first-order valence-corrected chi connectivity index (χ1v) is 6.88. The Hall–Kier alpha value is -0.620. The zero-order chi connectivity index (χ0) is 12.3. The number of nitrogens with two attached hydrogens (primary N) is 1. The lowest BCUT2D eigenvalue weighted by molar-refractivity contribution is -0.134. The number of hydrogen-bond donors (Lipinski definition) is 1. The lowest BCUT2D eigenvalue weighted by Gasteiger charge is -2.27. The van der Waals surface area contributed by atoms with E-state index < -0.39 is 15.4 Å². The lowest BCUT2D eigenvalue weighted by atomic mass is 9.99. The summed E-state index contributed by atoms with van der Waals surface area (Å²) in [4.78, 5) is 13.1. The quantitative estimate of drug-likeness (QED) is 0.705. The van der Waals surface area contributed by atoms with Crippen molar-refractivity contribution in [1.82, 2.24) is 4.90 Å². The van der Waals surface area contributed by atoms with Gasteiger partial charge < -0.3 is 10.6 Å². The summed E-state index contributed by atoms with van der Waals surface area (Å²) in [6.07, 6.45) is 1.67. The van der Waals surface area contributed by atoms with Gasteiger partial charge in [-0.1, -0.05) is 6.92 Å². The van der Waals surface area contributed by atoms with Crippen LogP contribution in [0.3, 0.4) is 0 Å². The molecule has 6 heteroatoms. The summed E-state index contributed by atoms with van der Waals surface area (Å²) in [6, 6.07) is 0. The third-order valence-corrected chi connectivity index (χ3v) is 3.29. The maximum absolute atomic E-state index is 11.7. The summed E-state index contributed by atoms with van der Waals surface area (Å²) < 4.78 is 21.8.